The maximum Gasteiger partial charge on any atom is 0.293 e. The van der Waals surface area contributed by atoms with Gasteiger partial charge in [0.05, 0.1) is 11.1 Å². The summed E-state index contributed by atoms with van der Waals surface area (Å²) in [6.07, 6.45) is 1.95. The van der Waals surface area contributed by atoms with Crippen LogP contribution in [0.15, 0.2) is 26.8 Å². The Morgan fingerprint density at radius 2 is 2.00 bits per heavy atom. The first-order valence-electron chi connectivity index (χ1n) is 8.06. The van der Waals surface area contributed by atoms with Crippen LogP contribution in [-0.4, -0.2) is 29.4 Å². The summed E-state index contributed by atoms with van der Waals surface area (Å²) in [4.78, 5) is 26.6. The number of rotatable bonds is 1. The summed E-state index contributed by atoms with van der Waals surface area (Å²) < 4.78 is 27.4. The molecule has 1 saturated heterocycles. The molecule has 0 aliphatic carbocycles. The number of nitrogens with zero attached hydrogens (tertiary/aromatic N) is 2. The van der Waals surface area contributed by atoms with E-state index in [0.29, 0.717) is 22.7 Å². The van der Waals surface area contributed by atoms with Crippen molar-refractivity contribution in [1.29, 1.82) is 0 Å². The van der Waals surface area contributed by atoms with Gasteiger partial charge in [0, 0.05) is 13.1 Å². The molecule has 0 saturated carbocycles. The van der Waals surface area contributed by atoms with Gasteiger partial charge in [0.2, 0.25) is 11.1 Å². The molecular weight excluding hydrogens is 329 g/mol. The van der Waals surface area contributed by atoms with Crippen LogP contribution in [0, 0.1) is 5.82 Å². The molecule has 0 bridgehead atoms. The molecule has 7 nitrogen and oxygen atoms in total. The minimum absolute atomic E-state index is 0.0793. The smallest absolute Gasteiger partial charge is 0.293 e. The van der Waals surface area contributed by atoms with Crippen molar-refractivity contribution in [3.63, 3.8) is 0 Å². The maximum atomic E-state index is 14.9. The highest BCUT2D eigenvalue weighted by atomic mass is 19.1. The number of nitrogens with one attached hydrogen (secondary N) is 1. The Balaban J connectivity index is 2.02. The molecule has 2 aliphatic rings. The van der Waals surface area contributed by atoms with Crippen LogP contribution in [0.3, 0.4) is 0 Å². The van der Waals surface area contributed by atoms with Crippen molar-refractivity contribution >= 4 is 33.4 Å². The zero-order chi connectivity index (χ0) is 17.3. The van der Waals surface area contributed by atoms with E-state index in [-0.39, 0.29) is 23.1 Å². The van der Waals surface area contributed by atoms with Crippen molar-refractivity contribution in [3.05, 3.63) is 39.0 Å². The van der Waals surface area contributed by atoms with E-state index < -0.39 is 16.8 Å². The molecule has 0 spiro atoms. The molecule has 2 aromatic heterocycles. The van der Waals surface area contributed by atoms with Crippen molar-refractivity contribution in [1.82, 2.24) is 9.72 Å². The first-order chi connectivity index (χ1) is 12.1. The SMILES string of the molecule is C=C1COc2c(N3CCCC3)c(F)cc3c(=O)c4c(=O)[nH]oc4n1c23. The zero-order valence-electron chi connectivity index (χ0n) is 13.2. The third-order valence-corrected chi connectivity index (χ3v) is 4.88. The molecule has 1 N–H and O–H groups in total. The third kappa shape index (κ3) is 1.73. The Labute approximate surface area is 139 Å². The zero-order valence-corrected chi connectivity index (χ0v) is 13.2. The summed E-state index contributed by atoms with van der Waals surface area (Å²) in [5.41, 5.74) is 0.0983. The van der Waals surface area contributed by atoms with Crippen LogP contribution in [0.25, 0.3) is 27.7 Å². The van der Waals surface area contributed by atoms with E-state index in [1.54, 1.807) is 4.57 Å². The lowest BCUT2D eigenvalue weighted by atomic mass is 10.1. The number of halogens is 1. The molecule has 2 aliphatic heterocycles. The van der Waals surface area contributed by atoms with E-state index in [2.05, 4.69) is 11.7 Å². The summed E-state index contributed by atoms with van der Waals surface area (Å²) in [7, 11) is 0. The fourth-order valence-corrected chi connectivity index (χ4v) is 3.78. The number of pyridine rings is 1. The molecule has 3 aromatic rings. The van der Waals surface area contributed by atoms with E-state index in [1.165, 1.54) is 6.07 Å². The average molecular weight is 343 g/mol. The van der Waals surface area contributed by atoms with Gasteiger partial charge in [-0.2, -0.15) is 5.16 Å². The van der Waals surface area contributed by atoms with Crippen LogP contribution in [-0.2, 0) is 0 Å². The van der Waals surface area contributed by atoms with Crippen molar-refractivity contribution in [3.8, 4) is 5.75 Å². The van der Waals surface area contributed by atoms with Gasteiger partial charge in [-0.25, -0.2) is 4.39 Å². The monoisotopic (exact) mass is 343 g/mol. The molecule has 0 radical (unpaired) electrons. The Morgan fingerprint density at radius 3 is 2.76 bits per heavy atom. The standard InChI is InChI=1S/C17H14FN3O4/c1-8-7-24-15-12-9(6-10(18)13(15)20-4-2-3-5-20)14(22)11-16(23)19-25-17(11)21(8)12/h6H,1-5,7H2,(H,19,23). The molecule has 0 amide bonds. The second kappa shape index (κ2) is 4.75. The van der Waals surface area contributed by atoms with Gasteiger partial charge in [0.15, 0.2) is 17.0 Å². The first-order valence-corrected chi connectivity index (χ1v) is 8.06. The highest BCUT2D eigenvalue weighted by Crippen LogP contribution is 2.43. The van der Waals surface area contributed by atoms with Crippen molar-refractivity contribution in [2.24, 2.45) is 0 Å². The number of ether oxygens (including phenoxy) is 1. The minimum atomic E-state index is -0.643. The second-order valence-corrected chi connectivity index (χ2v) is 6.36. The Kier molecular flexibility index (Phi) is 2.72. The van der Waals surface area contributed by atoms with Crippen LogP contribution < -0.4 is 20.6 Å². The van der Waals surface area contributed by atoms with Crippen molar-refractivity contribution in [2.75, 3.05) is 24.6 Å². The topological polar surface area (TPSA) is 80.5 Å². The van der Waals surface area contributed by atoms with Crippen molar-refractivity contribution < 1.29 is 13.7 Å². The van der Waals surface area contributed by atoms with E-state index >= 15 is 0 Å². The lowest BCUT2D eigenvalue weighted by molar-refractivity contribution is 0.354. The molecule has 1 fully saturated rings. The van der Waals surface area contributed by atoms with Crippen molar-refractivity contribution in [2.45, 2.75) is 12.8 Å². The number of benzene rings is 1. The molecule has 1 aromatic carbocycles. The summed E-state index contributed by atoms with van der Waals surface area (Å²) in [5.74, 6) is -0.230. The number of H-pyrrole nitrogens is 1. The van der Waals surface area contributed by atoms with Gasteiger partial charge < -0.3 is 14.2 Å². The van der Waals surface area contributed by atoms with Crippen LogP contribution in [0.5, 0.6) is 5.75 Å². The fraction of sp³-hybridized carbons (Fsp3) is 0.294. The van der Waals surface area contributed by atoms with E-state index in [0.717, 1.165) is 25.9 Å². The first kappa shape index (κ1) is 14.3. The van der Waals surface area contributed by atoms with Gasteiger partial charge in [0.1, 0.15) is 17.8 Å². The largest absolute Gasteiger partial charge is 0.483 e. The van der Waals surface area contributed by atoms with Crippen LogP contribution in [0.1, 0.15) is 12.8 Å². The number of hydrogen-bond acceptors (Lipinski definition) is 5. The predicted molar refractivity (Wildman–Crippen MR) is 90.8 cm³/mol. The second-order valence-electron chi connectivity index (χ2n) is 6.36. The Bertz CT molecular complexity index is 1180. The molecule has 4 heterocycles. The quantitative estimate of drug-likeness (QED) is 0.731. The fourth-order valence-electron chi connectivity index (χ4n) is 3.78. The van der Waals surface area contributed by atoms with Crippen LogP contribution in [0.2, 0.25) is 0 Å². The van der Waals surface area contributed by atoms with Gasteiger partial charge in [-0.1, -0.05) is 6.58 Å². The van der Waals surface area contributed by atoms with Gasteiger partial charge >= 0.3 is 0 Å². The minimum Gasteiger partial charge on any atom is -0.483 e. The van der Waals surface area contributed by atoms with Gasteiger partial charge in [-0.3, -0.25) is 14.2 Å². The number of hydrogen-bond donors (Lipinski definition) is 1. The van der Waals surface area contributed by atoms with Gasteiger partial charge in [-0.05, 0) is 18.9 Å². The average Bonchev–Trinajstić information content (AvgIpc) is 3.23. The number of aromatic amines is 1. The number of fused-ring (bicyclic) bond motifs is 2. The van der Waals surface area contributed by atoms with E-state index in [4.69, 9.17) is 9.26 Å². The predicted octanol–water partition coefficient (Wildman–Crippen LogP) is 2.04. The molecule has 0 atom stereocenters. The molecule has 0 unspecified atom stereocenters. The lowest BCUT2D eigenvalue weighted by Crippen LogP contribution is -2.25. The Morgan fingerprint density at radius 1 is 1.24 bits per heavy atom. The van der Waals surface area contributed by atoms with E-state index in [1.807, 2.05) is 4.90 Å². The summed E-state index contributed by atoms with van der Waals surface area (Å²) in [5, 5.41) is 2.11. The van der Waals surface area contributed by atoms with E-state index in [9.17, 15) is 14.0 Å². The molecule has 5 rings (SSSR count). The lowest BCUT2D eigenvalue weighted by Gasteiger charge is -2.28. The summed E-state index contributed by atoms with van der Waals surface area (Å²) in [6.45, 7) is 5.50. The van der Waals surface area contributed by atoms with Gasteiger partial charge in [0.25, 0.3) is 5.56 Å². The summed E-state index contributed by atoms with van der Waals surface area (Å²) >= 11 is 0. The number of aromatic nitrogens is 2. The third-order valence-electron chi connectivity index (χ3n) is 4.88. The highest BCUT2D eigenvalue weighted by Gasteiger charge is 2.31. The van der Waals surface area contributed by atoms with Gasteiger partial charge in [-0.15, -0.1) is 0 Å². The van der Waals surface area contributed by atoms with Crippen LogP contribution >= 0.6 is 0 Å². The number of anilines is 1. The maximum absolute atomic E-state index is 14.9. The highest BCUT2D eigenvalue weighted by molar-refractivity contribution is 6.01. The molecule has 25 heavy (non-hydrogen) atoms. The Hall–Kier alpha value is -3.03. The van der Waals surface area contributed by atoms with Crippen LogP contribution in [0.4, 0.5) is 10.1 Å². The summed E-state index contributed by atoms with van der Waals surface area (Å²) in [6, 6.07) is 1.18. The molecule has 128 valence electrons. The molecular formula is C17H14FN3O4. The normalized spacial score (nSPS) is 16.8. The molecule has 8 heteroatoms.